The Morgan fingerprint density at radius 2 is 2.12 bits per heavy atom. The number of rotatable bonds is 1. The summed E-state index contributed by atoms with van der Waals surface area (Å²) in [4.78, 5) is 19.9. The van der Waals surface area contributed by atoms with E-state index < -0.39 is 5.54 Å². The molecule has 1 aliphatic heterocycles. The van der Waals surface area contributed by atoms with Crippen LogP contribution in [-0.4, -0.2) is 41.5 Å². The van der Waals surface area contributed by atoms with E-state index in [4.69, 9.17) is 5.73 Å². The van der Waals surface area contributed by atoms with Crippen LogP contribution in [0.1, 0.15) is 13.8 Å². The highest BCUT2D eigenvalue weighted by Gasteiger charge is 2.41. The molecule has 2 rings (SSSR count). The lowest BCUT2D eigenvalue weighted by atomic mass is 9.97. The molecule has 5 nitrogen and oxygen atoms in total. The van der Waals surface area contributed by atoms with E-state index in [9.17, 15) is 4.79 Å². The van der Waals surface area contributed by atoms with Gasteiger partial charge < -0.3 is 15.5 Å². The molecule has 0 saturated carbocycles. The minimum atomic E-state index is -0.567. The summed E-state index contributed by atoms with van der Waals surface area (Å²) in [6, 6.07) is 1.86. The number of carbonyl (C=O) groups excluding carboxylic acids is 1. The van der Waals surface area contributed by atoms with E-state index >= 15 is 0 Å². The van der Waals surface area contributed by atoms with E-state index in [0.717, 1.165) is 12.2 Å². The highest BCUT2D eigenvalue weighted by molar-refractivity contribution is 5.91. The van der Waals surface area contributed by atoms with Crippen LogP contribution in [-0.2, 0) is 4.79 Å². The van der Waals surface area contributed by atoms with Crippen molar-refractivity contribution >= 4 is 17.3 Å². The molecule has 2 heterocycles. The Labute approximate surface area is 101 Å². The summed E-state index contributed by atoms with van der Waals surface area (Å²) in [5.74, 6) is 0.111. The first-order chi connectivity index (χ1) is 7.94. The predicted molar refractivity (Wildman–Crippen MR) is 67.7 cm³/mol. The van der Waals surface area contributed by atoms with E-state index in [1.54, 1.807) is 17.3 Å². The predicted octanol–water partition coefficient (Wildman–Crippen LogP) is 0.721. The third kappa shape index (κ3) is 1.81. The molecular weight excluding hydrogens is 216 g/mol. The fourth-order valence-electron chi connectivity index (χ4n) is 2.28. The smallest absolute Gasteiger partial charge is 0.247 e. The number of aromatic nitrogens is 1. The van der Waals surface area contributed by atoms with Crippen LogP contribution in [0.5, 0.6) is 0 Å². The van der Waals surface area contributed by atoms with Crippen molar-refractivity contribution in [1.29, 1.82) is 0 Å². The third-order valence-corrected chi connectivity index (χ3v) is 3.32. The lowest BCUT2D eigenvalue weighted by Crippen LogP contribution is -2.62. The van der Waals surface area contributed by atoms with Crippen LogP contribution in [0, 0.1) is 0 Å². The Kier molecular flexibility index (Phi) is 2.69. The monoisotopic (exact) mass is 234 g/mol. The molecule has 92 valence electrons. The van der Waals surface area contributed by atoms with Gasteiger partial charge in [0, 0.05) is 26.3 Å². The standard InChI is InChI=1S/C12H18N4O/c1-12(2)11(17)15(3)6-7-16(12)10-4-5-14-8-9(10)13/h4-5,8H,6-7,13H2,1-3H3. The number of carbonyl (C=O) groups is 1. The molecule has 0 aromatic carbocycles. The van der Waals surface area contributed by atoms with Crippen molar-refractivity contribution in [2.45, 2.75) is 19.4 Å². The molecule has 1 saturated heterocycles. The summed E-state index contributed by atoms with van der Waals surface area (Å²) in [6.07, 6.45) is 3.32. The average Bonchev–Trinajstić information content (AvgIpc) is 2.28. The van der Waals surface area contributed by atoms with Crippen molar-refractivity contribution in [2.24, 2.45) is 0 Å². The number of pyridine rings is 1. The zero-order valence-corrected chi connectivity index (χ0v) is 10.5. The maximum Gasteiger partial charge on any atom is 0.247 e. The van der Waals surface area contributed by atoms with Crippen LogP contribution in [0.2, 0.25) is 0 Å². The molecule has 1 aliphatic rings. The van der Waals surface area contributed by atoms with Crippen LogP contribution >= 0.6 is 0 Å². The molecular formula is C12H18N4O. The average molecular weight is 234 g/mol. The lowest BCUT2D eigenvalue weighted by Gasteiger charge is -2.46. The van der Waals surface area contributed by atoms with Gasteiger partial charge >= 0.3 is 0 Å². The maximum atomic E-state index is 12.2. The van der Waals surface area contributed by atoms with Crippen molar-refractivity contribution in [3.63, 3.8) is 0 Å². The largest absolute Gasteiger partial charge is 0.396 e. The number of piperazine rings is 1. The Morgan fingerprint density at radius 3 is 2.76 bits per heavy atom. The quantitative estimate of drug-likeness (QED) is 0.777. The third-order valence-electron chi connectivity index (χ3n) is 3.32. The number of anilines is 2. The van der Waals surface area contributed by atoms with E-state index in [2.05, 4.69) is 4.98 Å². The van der Waals surface area contributed by atoms with Crippen LogP contribution < -0.4 is 10.6 Å². The summed E-state index contributed by atoms with van der Waals surface area (Å²) >= 11 is 0. The number of hydrogen-bond acceptors (Lipinski definition) is 4. The minimum absolute atomic E-state index is 0.111. The number of likely N-dealkylation sites (N-methyl/N-ethyl adjacent to an activating group) is 1. The Morgan fingerprint density at radius 1 is 1.41 bits per heavy atom. The van der Waals surface area contributed by atoms with Crippen molar-refractivity contribution in [2.75, 3.05) is 30.8 Å². The second-order valence-corrected chi connectivity index (χ2v) is 4.87. The van der Waals surface area contributed by atoms with E-state index in [1.165, 1.54) is 0 Å². The van der Waals surface area contributed by atoms with Crippen molar-refractivity contribution in [3.8, 4) is 0 Å². The van der Waals surface area contributed by atoms with Gasteiger partial charge in [-0.05, 0) is 19.9 Å². The minimum Gasteiger partial charge on any atom is -0.396 e. The van der Waals surface area contributed by atoms with Gasteiger partial charge in [0.2, 0.25) is 5.91 Å². The fourth-order valence-corrected chi connectivity index (χ4v) is 2.28. The SMILES string of the molecule is CN1CCN(c2ccncc2N)C(C)(C)C1=O. The van der Waals surface area contributed by atoms with Gasteiger partial charge in [0.05, 0.1) is 17.6 Å². The summed E-state index contributed by atoms with van der Waals surface area (Å²) in [6.45, 7) is 5.34. The van der Waals surface area contributed by atoms with Gasteiger partial charge in [0.25, 0.3) is 0 Å². The number of nitrogens with two attached hydrogens (primary N) is 1. The summed E-state index contributed by atoms with van der Waals surface area (Å²) in [7, 11) is 1.83. The molecule has 0 radical (unpaired) electrons. The van der Waals surface area contributed by atoms with Crippen molar-refractivity contribution < 1.29 is 4.79 Å². The van der Waals surface area contributed by atoms with Gasteiger partial charge in [-0.1, -0.05) is 0 Å². The highest BCUT2D eigenvalue weighted by atomic mass is 16.2. The molecule has 17 heavy (non-hydrogen) atoms. The topological polar surface area (TPSA) is 62.5 Å². The van der Waals surface area contributed by atoms with E-state index in [-0.39, 0.29) is 5.91 Å². The van der Waals surface area contributed by atoms with Gasteiger partial charge in [-0.2, -0.15) is 0 Å². The van der Waals surface area contributed by atoms with E-state index in [0.29, 0.717) is 12.2 Å². The molecule has 0 spiro atoms. The van der Waals surface area contributed by atoms with Gasteiger partial charge in [-0.3, -0.25) is 9.78 Å². The Balaban J connectivity index is 2.40. The lowest BCUT2D eigenvalue weighted by molar-refractivity contribution is -0.136. The maximum absolute atomic E-state index is 12.2. The molecule has 5 heteroatoms. The van der Waals surface area contributed by atoms with Crippen LogP contribution in [0.15, 0.2) is 18.5 Å². The molecule has 0 aliphatic carbocycles. The summed E-state index contributed by atoms with van der Waals surface area (Å²) in [5.41, 5.74) is 6.85. The normalized spacial score (nSPS) is 19.6. The number of nitrogen functional groups attached to an aromatic ring is 1. The molecule has 0 atom stereocenters. The number of hydrogen-bond donors (Lipinski definition) is 1. The van der Waals surface area contributed by atoms with Gasteiger partial charge in [-0.25, -0.2) is 0 Å². The van der Waals surface area contributed by atoms with Gasteiger partial charge in [-0.15, -0.1) is 0 Å². The number of amides is 1. The highest BCUT2D eigenvalue weighted by Crippen LogP contribution is 2.31. The molecule has 0 unspecified atom stereocenters. The molecule has 1 aromatic rings. The first-order valence-corrected chi connectivity index (χ1v) is 5.67. The molecule has 1 fully saturated rings. The zero-order chi connectivity index (χ0) is 12.6. The van der Waals surface area contributed by atoms with Crippen molar-refractivity contribution in [3.05, 3.63) is 18.5 Å². The summed E-state index contributed by atoms with van der Waals surface area (Å²) < 4.78 is 0. The second-order valence-electron chi connectivity index (χ2n) is 4.87. The Bertz CT molecular complexity index is 444. The van der Waals surface area contributed by atoms with Crippen LogP contribution in [0.4, 0.5) is 11.4 Å². The zero-order valence-electron chi connectivity index (χ0n) is 10.5. The fraction of sp³-hybridized carbons (Fsp3) is 0.500. The molecule has 2 N–H and O–H groups in total. The van der Waals surface area contributed by atoms with Crippen molar-refractivity contribution in [1.82, 2.24) is 9.88 Å². The van der Waals surface area contributed by atoms with Crippen LogP contribution in [0.3, 0.4) is 0 Å². The first kappa shape index (κ1) is 11.7. The molecule has 1 amide bonds. The van der Waals surface area contributed by atoms with Gasteiger partial charge in [0.1, 0.15) is 5.54 Å². The first-order valence-electron chi connectivity index (χ1n) is 5.67. The van der Waals surface area contributed by atoms with E-state index in [1.807, 2.05) is 31.9 Å². The summed E-state index contributed by atoms with van der Waals surface area (Å²) in [5, 5.41) is 0. The molecule has 0 bridgehead atoms. The second kappa shape index (κ2) is 3.91. The Hall–Kier alpha value is -1.78. The van der Waals surface area contributed by atoms with Crippen LogP contribution in [0.25, 0.3) is 0 Å². The molecule has 1 aromatic heterocycles. The van der Waals surface area contributed by atoms with Gasteiger partial charge in [0.15, 0.2) is 0 Å². The number of nitrogens with zero attached hydrogens (tertiary/aromatic N) is 3.